The van der Waals surface area contributed by atoms with Crippen molar-refractivity contribution < 1.29 is 0 Å². The molecule has 0 atom stereocenters. The number of halogens is 4. The van der Waals surface area contributed by atoms with E-state index in [1.807, 2.05) is 0 Å². The molecule has 0 fully saturated rings. The van der Waals surface area contributed by atoms with Crippen molar-refractivity contribution in [1.29, 1.82) is 0 Å². The first-order valence-electron chi connectivity index (χ1n) is 17.5. The van der Waals surface area contributed by atoms with Gasteiger partial charge in [-0.2, -0.15) is 0 Å². The SMILES string of the molecule is Brc1ccc(-c2ccc3c(c2)C2(c4cc(-c5ccc(Br)cc5)ccc4-3)c3cc(-c4ccc(Br)cc4)ccc3-c3ccc(-c4ccc(Br)cc4)cc32)cc1. The molecular weight excluding hydrogens is 908 g/mol. The van der Waals surface area contributed by atoms with E-state index in [9.17, 15) is 0 Å². The standard InChI is InChI=1S/C49H28Br4/c50-37-13-1-29(2-14-37)33-9-21-41-42-22-10-34(30-3-15-38(51)16-4-30)26-46(42)49(45(41)25-33)47-27-35(31-5-17-39(52)18-6-31)11-23-43(47)44-24-12-36(28-48(44)49)32-7-19-40(53)20-8-32/h1-28H. The normalized spacial score (nSPS) is 13.1. The molecule has 0 amide bonds. The van der Waals surface area contributed by atoms with Gasteiger partial charge in [-0.1, -0.05) is 161 Å². The molecule has 2 aliphatic carbocycles. The lowest BCUT2D eigenvalue weighted by Gasteiger charge is -2.32. The maximum Gasteiger partial charge on any atom is 0.0726 e. The highest BCUT2D eigenvalue weighted by molar-refractivity contribution is 9.11. The molecule has 0 N–H and O–H groups in total. The summed E-state index contributed by atoms with van der Waals surface area (Å²) < 4.78 is 4.30. The zero-order valence-electron chi connectivity index (χ0n) is 28.2. The molecule has 8 aromatic rings. The van der Waals surface area contributed by atoms with E-state index < -0.39 is 5.41 Å². The van der Waals surface area contributed by atoms with Gasteiger partial charge in [-0.15, -0.1) is 0 Å². The molecule has 1 spiro atoms. The molecule has 0 radical (unpaired) electrons. The van der Waals surface area contributed by atoms with Crippen molar-refractivity contribution in [3.05, 3.63) is 210 Å². The number of hydrogen-bond acceptors (Lipinski definition) is 0. The summed E-state index contributed by atoms with van der Waals surface area (Å²) >= 11 is 14.6. The topological polar surface area (TPSA) is 0 Å². The molecule has 0 heterocycles. The van der Waals surface area contributed by atoms with Gasteiger partial charge in [0.1, 0.15) is 0 Å². The van der Waals surface area contributed by atoms with Gasteiger partial charge in [0.15, 0.2) is 0 Å². The van der Waals surface area contributed by atoms with Gasteiger partial charge >= 0.3 is 0 Å². The van der Waals surface area contributed by atoms with Crippen molar-refractivity contribution in [3.8, 4) is 66.8 Å². The van der Waals surface area contributed by atoms with Crippen LogP contribution in [0.15, 0.2) is 188 Å². The van der Waals surface area contributed by atoms with Gasteiger partial charge in [-0.05, 0) is 162 Å². The minimum Gasteiger partial charge on any atom is -0.0537 e. The third-order valence-corrected chi connectivity index (χ3v) is 13.1. The van der Waals surface area contributed by atoms with E-state index in [1.54, 1.807) is 0 Å². The van der Waals surface area contributed by atoms with Crippen LogP contribution in [0.4, 0.5) is 0 Å². The Bertz CT molecular complexity index is 2340. The van der Waals surface area contributed by atoms with Gasteiger partial charge in [0.05, 0.1) is 5.41 Å². The van der Waals surface area contributed by atoms with Crippen LogP contribution in [0.25, 0.3) is 66.8 Å². The lowest BCUT2D eigenvalue weighted by molar-refractivity contribution is 0.795. The van der Waals surface area contributed by atoms with Crippen molar-refractivity contribution in [2.75, 3.05) is 0 Å². The van der Waals surface area contributed by atoms with Crippen LogP contribution in [0.1, 0.15) is 22.3 Å². The van der Waals surface area contributed by atoms with Gasteiger partial charge in [0.2, 0.25) is 0 Å². The number of fused-ring (bicyclic) bond motifs is 10. The van der Waals surface area contributed by atoms with Crippen LogP contribution in [0.3, 0.4) is 0 Å². The van der Waals surface area contributed by atoms with Crippen molar-refractivity contribution in [2.45, 2.75) is 5.41 Å². The highest BCUT2D eigenvalue weighted by Crippen LogP contribution is 2.64. The van der Waals surface area contributed by atoms with Crippen LogP contribution in [0, 0.1) is 0 Å². The summed E-state index contributed by atoms with van der Waals surface area (Å²) in [5, 5.41) is 0. The Morgan fingerprint density at radius 2 is 0.415 bits per heavy atom. The Morgan fingerprint density at radius 1 is 0.226 bits per heavy atom. The Morgan fingerprint density at radius 3 is 0.623 bits per heavy atom. The third kappa shape index (κ3) is 5.40. The molecule has 10 rings (SSSR count). The Labute approximate surface area is 343 Å². The first-order valence-corrected chi connectivity index (χ1v) is 20.7. The lowest BCUT2D eigenvalue weighted by atomic mass is 9.69. The Hall–Kier alpha value is -4.32. The first kappa shape index (κ1) is 33.3. The number of benzene rings is 8. The van der Waals surface area contributed by atoms with Crippen LogP contribution in [-0.2, 0) is 5.41 Å². The molecule has 2 aliphatic rings. The molecule has 0 unspecified atom stereocenters. The van der Waals surface area contributed by atoms with Crippen LogP contribution in [0.5, 0.6) is 0 Å². The quantitative estimate of drug-likeness (QED) is 0.165. The van der Waals surface area contributed by atoms with Crippen molar-refractivity contribution in [2.24, 2.45) is 0 Å². The molecule has 4 heteroatoms. The van der Waals surface area contributed by atoms with E-state index in [1.165, 1.54) is 89.0 Å². The zero-order chi connectivity index (χ0) is 35.8. The van der Waals surface area contributed by atoms with E-state index in [2.05, 4.69) is 234 Å². The van der Waals surface area contributed by atoms with E-state index in [0.29, 0.717) is 0 Å². The van der Waals surface area contributed by atoms with Crippen LogP contribution in [-0.4, -0.2) is 0 Å². The summed E-state index contributed by atoms with van der Waals surface area (Å²) in [5.74, 6) is 0. The van der Waals surface area contributed by atoms with Gasteiger partial charge in [-0.3, -0.25) is 0 Å². The Kier molecular flexibility index (Phi) is 8.11. The van der Waals surface area contributed by atoms with Crippen molar-refractivity contribution in [3.63, 3.8) is 0 Å². The fraction of sp³-hybridized carbons (Fsp3) is 0.0204. The predicted molar refractivity (Wildman–Crippen MR) is 235 cm³/mol. The summed E-state index contributed by atoms with van der Waals surface area (Å²) in [5.41, 5.74) is 19.5. The maximum atomic E-state index is 3.65. The molecule has 0 saturated carbocycles. The molecule has 0 bridgehead atoms. The molecule has 53 heavy (non-hydrogen) atoms. The largest absolute Gasteiger partial charge is 0.0726 e. The van der Waals surface area contributed by atoms with Crippen LogP contribution in [0.2, 0.25) is 0 Å². The second-order valence-electron chi connectivity index (χ2n) is 13.8. The highest BCUT2D eigenvalue weighted by Gasteiger charge is 2.52. The van der Waals surface area contributed by atoms with Gasteiger partial charge in [0.25, 0.3) is 0 Å². The average Bonchev–Trinajstić information content (AvgIpc) is 3.64. The molecular formula is C49H28Br4. The van der Waals surface area contributed by atoms with Crippen LogP contribution >= 0.6 is 63.7 Å². The molecule has 8 aromatic carbocycles. The Balaban J connectivity index is 1.31. The maximum absolute atomic E-state index is 3.65. The summed E-state index contributed by atoms with van der Waals surface area (Å²) in [7, 11) is 0. The molecule has 0 nitrogen and oxygen atoms in total. The van der Waals surface area contributed by atoms with E-state index >= 15 is 0 Å². The molecule has 252 valence electrons. The summed E-state index contributed by atoms with van der Waals surface area (Å²) in [6.45, 7) is 0. The minimum absolute atomic E-state index is 0.553. The van der Waals surface area contributed by atoms with Crippen LogP contribution < -0.4 is 0 Å². The van der Waals surface area contributed by atoms with E-state index in [-0.39, 0.29) is 0 Å². The summed E-state index contributed by atoms with van der Waals surface area (Å²) in [4.78, 5) is 0. The lowest BCUT2D eigenvalue weighted by Crippen LogP contribution is -2.26. The molecule has 0 aromatic heterocycles. The summed E-state index contributed by atoms with van der Waals surface area (Å²) in [6, 6.07) is 63.2. The number of rotatable bonds is 4. The summed E-state index contributed by atoms with van der Waals surface area (Å²) in [6.07, 6.45) is 0. The monoisotopic (exact) mass is 932 g/mol. The first-order chi connectivity index (χ1) is 25.9. The third-order valence-electron chi connectivity index (χ3n) is 11.0. The smallest absolute Gasteiger partial charge is 0.0537 e. The van der Waals surface area contributed by atoms with Gasteiger partial charge in [0, 0.05) is 17.9 Å². The average molecular weight is 936 g/mol. The molecule has 0 aliphatic heterocycles. The number of hydrogen-bond donors (Lipinski definition) is 0. The second-order valence-corrected chi connectivity index (χ2v) is 17.5. The molecule has 0 saturated heterocycles. The fourth-order valence-electron chi connectivity index (χ4n) is 8.52. The fourth-order valence-corrected chi connectivity index (χ4v) is 9.57. The highest BCUT2D eigenvalue weighted by atomic mass is 79.9. The van der Waals surface area contributed by atoms with Crippen molar-refractivity contribution >= 4 is 63.7 Å². The van der Waals surface area contributed by atoms with E-state index in [4.69, 9.17) is 0 Å². The second kappa shape index (κ2) is 12.9. The van der Waals surface area contributed by atoms with Crippen molar-refractivity contribution in [1.82, 2.24) is 0 Å². The van der Waals surface area contributed by atoms with Gasteiger partial charge in [-0.25, -0.2) is 0 Å². The van der Waals surface area contributed by atoms with E-state index in [0.717, 1.165) is 17.9 Å². The van der Waals surface area contributed by atoms with Gasteiger partial charge < -0.3 is 0 Å². The zero-order valence-corrected chi connectivity index (χ0v) is 34.5. The minimum atomic E-state index is -0.553. The predicted octanol–water partition coefficient (Wildman–Crippen LogP) is 15.7.